The highest BCUT2D eigenvalue weighted by Crippen LogP contribution is 2.20. The Labute approximate surface area is 135 Å². The van der Waals surface area contributed by atoms with Gasteiger partial charge in [-0.2, -0.15) is 0 Å². The third-order valence-electron chi connectivity index (χ3n) is 3.48. The highest BCUT2D eigenvalue weighted by Gasteiger charge is 2.32. The smallest absolute Gasteiger partial charge is 0.330 e. The number of rotatable bonds is 5. The molecule has 0 aliphatic carbocycles. The van der Waals surface area contributed by atoms with E-state index in [-0.39, 0.29) is 17.4 Å². The van der Waals surface area contributed by atoms with E-state index in [4.69, 9.17) is 4.74 Å². The number of amides is 1. The molecule has 1 aromatic carbocycles. The van der Waals surface area contributed by atoms with Crippen molar-refractivity contribution in [3.8, 4) is 0 Å². The maximum Gasteiger partial charge on any atom is 0.330 e. The summed E-state index contributed by atoms with van der Waals surface area (Å²) < 4.78 is 27.6. The van der Waals surface area contributed by atoms with Gasteiger partial charge in [-0.15, -0.1) is 0 Å². The average molecular weight is 337 g/mol. The summed E-state index contributed by atoms with van der Waals surface area (Å²) in [5.41, 5.74) is 1.38. The number of benzene rings is 1. The van der Waals surface area contributed by atoms with Crippen molar-refractivity contribution in [1.82, 2.24) is 0 Å². The Balaban J connectivity index is 1.92. The molecule has 1 aromatic rings. The monoisotopic (exact) mass is 337 g/mol. The van der Waals surface area contributed by atoms with Crippen LogP contribution in [0.5, 0.6) is 0 Å². The minimum atomic E-state index is -3.07. The molecule has 1 N–H and O–H groups in total. The number of ether oxygens (including phenoxy) is 1. The van der Waals surface area contributed by atoms with Gasteiger partial charge in [0.15, 0.2) is 9.84 Å². The summed E-state index contributed by atoms with van der Waals surface area (Å²) in [5.74, 6) is -1.18. The van der Waals surface area contributed by atoms with Gasteiger partial charge in [0.05, 0.1) is 24.0 Å². The molecule has 6 nitrogen and oxygen atoms in total. The summed E-state index contributed by atoms with van der Waals surface area (Å²) in [6, 6.07) is 6.89. The fraction of sp³-hybridized carbons (Fsp3) is 0.375. The van der Waals surface area contributed by atoms with Crippen LogP contribution in [0.15, 0.2) is 30.3 Å². The molecule has 1 aliphatic heterocycles. The van der Waals surface area contributed by atoms with Crippen molar-refractivity contribution in [3.05, 3.63) is 35.9 Å². The van der Waals surface area contributed by atoms with Crippen LogP contribution in [0.3, 0.4) is 0 Å². The van der Waals surface area contributed by atoms with Crippen molar-refractivity contribution in [2.75, 3.05) is 23.4 Å². The molecule has 23 heavy (non-hydrogen) atoms. The Bertz CT molecular complexity index is 706. The number of hydrogen-bond donors (Lipinski definition) is 1. The molecular weight excluding hydrogens is 318 g/mol. The molecule has 7 heteroatoms. The topological polar surface area (TPSA) is 89.5 Å². The van der Waals surface area contributed by atoms with Gasteiger partial charge in [0.2, 0.25) is 5.91 Å². The maximum absolute atomic E-state index is 12.0. The molecule has 124 valence electrons. The zero-order chi connectivity index (χ0) is 16.9. The zero-order valence-corrected chi connectivity index (χ0v) is 13.6. The first-order valence-electron chi connectivity index (χ1n) is 7.36. The number of esters is 1. The van der Waals surface area contributed by atoms with Crippen LogP contribution in [0.25, 0.3) is 6.08 Å². The average Bonchev–Trinajstić information content (AvgIpc) is 2.87. The second-order valence-corrected chi connectivity index (χ2v) is 7.53. The lowest BCUT2D eigenvalue weighted by molar-refractivity contribution is -0.137. The van der Waals surface area contributed by atoms with Crippen molar-refractivity contribution in [3.63, 3.8) is 0 Å². The minimum absolute atomic E-state index is 0.0721. The van der Waals surface area contributed by atoms with Crippen molar-refractivity contribution in [2.24, 2.45) is 5.92 Å². The second-order valence-electron chi connectivity index (χ2n) is 5.30. The lowest BCUT2D eigenvalue weighted by Gasteiger charge is -2.09. The summed E-state index contributed by atoms with van der Waals surface area (Å²) >= 11 is 0. The second kappa shape index (κ2) is 7.41. The molecule has 0 bridgehead atoms. The molecule has 1 heterocycles. The van der Waals surface area contributed by atoms with Crippen LogP contribution in [-0.4, -0.2) is 38.4 Å². The fourth-order valence-corrected chi connectivity index (χ4v) is 4.02. The van der Waals surface area contributed by atoms with Gasteiger partial charge in [-0.25, -0.2) is 13.2 Å². The molecule has 1 fully saturated rings. The number of nitrogens with one attached hydrogen (secondary N) is 1. The van der Waals surface area contributed by atoms with Gasteiger partial charge < -0.3 is 10.1 Å². The normalized spacial score (nSPS) is 19.6. The molecular formula is C16H19NO5S. The Kier molecular flexibility index (Phi) is 5.54. The number of sulfone groups is 1. The first-order valence-corrected chi connectivity index (χ1v) is 9.18. The predicted octanol–water partition coefficient (Wildman–Crippen LogP) is 1.64. The van der Waals surface area contributed by atoms with Crippen LogP contribution >= 0.6 is 0 Å². The first-order chi connectivity index (χ1) is 10.9. The minimum Gasteiger partial charge on any atom is -0.463 e. The van der Waals surface area contributed by atoms with Gasteiger partial charge in [-0.3, -0.25) is 4.79 Å². The molecule has 0 radical (unpaired) electrons. The van der Waals surface area contributed by atoms with E-state index in [0.717, 1.165) is 5.56 Å². The maximum atomic E-state index is 12.0. The highest BCUT2D eigenvalue weighted by atomic mass is 32.2. The van der Waals surface area contributed by atoms with Crippen LogP contribution < -0.4 is 5.32 Å². The molecule has 1 aliphatic rings. The molecule has 0 aromatic heterocycles. The van der Waals surface area contributed by atoms with E-state index in [1.165, 1.54) is 6.08 Å². The van der Waals surface area contributed by atoms with E-state index in [2.05, 4.69) is 5.32 Å². The van der Waals surface area contributed by atoms with Crippen LogP contribution in [0.2, 0.25) is 0 Å². The Hall–Kier alpha value is -2.15. The molecule has 0 saturated carbocycles. The van der Waals surface area contributed by atoms with Crippen molar-refractivity contribution < 1.29 is 22.7 Å². The Morgan fingerprint density at radius 3 is 2.57 bits per heavy atom. The summed E-state index contributed by atoms with van der Waals surface area (Å²) in [7, 11) is -3.07. The molecule has 1 saturated heterocycles. The Morgan fingerprint density at radius 2 is 2.00 bits per heavy atom. The number of carbonyl (C=O) groups excluding carboxylic acids is 2. The van der Waals surface area contributed by atoms with Crippen molar-refractivity contribution in [1.29, 1.82) is 0 Å². The summed E-state index contributed by atoms with van der Waals surface area (Å²) in [4.78, 5) is 23.2. The van der Waals surface area contributed by atoms with Crippen LogP contribution in [-0.2, 0) is 24.2 Å². The van der Waals surface area contributed by atoms with Gasteiger partial charge in [-0.05, 0) is 37.1 Å². The van der Waals surface area contributed by atoms with Crippen LogP contribution in [0.1, 0.15) is 18.9 Å². The van der Waals surface area contributed by atoms with Gasteiger partial charge in [0.25, 0.3) is 0 Å². The molecule has 1 atom stereocenters. The van der Waals surface area contributed by atoms with E-state index in [0.29, 0.717) is 18.7 Å². The summed E-state index contributed by atoms with van der Waals surface area (Å²) in [6.07, 6.45) is 3.32. The highest BCUT2D eigenvalue weighted by molar-refractivity contribution is 7.91. The van der Waals surface area contributed by atoms with Gasteiger partial charge in [0.1, 0.15) is 0 Å². The van der Waals surface area contributed by atoms with E-state index in [1.54, 1.807) is 37.3 Å². The van der Waals surface area contributed by atoms with Gasteiger partial charge in [-0.1, -0.05) is 12.1 Å². The van der Waals surface area contributed by atoms with Crippen LogP contribution in [0, 0.1) is 5.92 Å². The molecule has 1 amide bonds. The summed E-state index contributed by atoms with van der Waals surface area (Å²) in [5, 5.41) is 2.71. The van der Waals surface area contributed by atoms with Gasteiger partial charge in [0, 0.05) is 11.8 Å². The first kappa shape index (κ1) is 17.2. The van der Waals surface area contributed by atoms with Crippen molar-refractivity contribution >= 4 is 33.5 Å². The lowest BCUT2D eigenvalue weighted by atomic mass is 10.1. The molecule has 2 rings (SSSR count). The van der Waals surface area contributed by atoms with E-state index in [9.17, 15) is 18.0 Å². The molecule has 1 unspecified atom stereocenters. The van der Waals surface area contributed by atoms with Crippen LogP contribution in [0.4, 0.5) is 5.69 Å². The number of anilines is 1. The third kappa shape index (κ3) is 5.21. The van der Waals surface area contributed by atoms with E-state index < -0.39 is 21.7 Å². The largest absolute Gasteiger partial charge is 0.463 e. The standard InChI is InChI=1S/C16H19NO5S/c1-2-22-15(18)8-5-12-3-6-14(7-4-12)17-16(19)13-9-10-23(20,21)11-13/h3-8,13H,2,9-11H2,1H3,(H,17,19). The van der Waals surface area contributed by atoms with E-state index in [1.807, 2.05) is 0 Å². The number of carbonyl (C=O) groups is 2. The Morgan fingerprint density at radius 1 is 1.30 bits per heavy atom. The van der Waals surface area contributed by atoms with Gasteiger partial charge >= 0.3 is 5.97 Å². The van der Waals surface area contributed by atoms with Crippen molar-refractivity contribution in [2.45, 2.75) is 13.3 Å². The summed E-state index contributed by atoms with van der Waals surface area (Å²) in [6.45, 7) is 2.06. The zero-order valence-electron chi connectivity index (χ0n) is 12.8. The third-order valence-corrected chi connectivity index (χ3v) is 5.25. The van der Waals surface area contributed by atoms with E-state index >= 15 is 0 Å². The molecule has 0 spiro atoms. The predicted molar refractivity (Wildman–Crippen MR) is 87.5 cm³/mol. The lowest BCUT2D eigenvalue weighted by Crippen LogP contribution is -2.23. The fourth-order valence-electron chi connectivity index (χ4n) is 2.28. The number of hydrogen-bond acceptors (Lipinski definition) is 5. The SMILES string of the molecule is CCOC(=O)C=Cc1ccc(NC(=O)C2CCS(=O)(=O)C2)cc1. The quantitative estimate of drug-likeness (QED) is 0.651.